The van der Waals surface area contributed by atoms with E-state index in [2.05, 4.69) is 60.7 Å². The number of rotatable bonds is 22. The average Bonchev–Trinajstić information content (AvgIpc) is 3.85. The molecule has 3 aliphatic rings. The molecule has 396 valence electrons. The van der Waals surface area contributed by atoms with Gasteiger partial charge in [-0.05, 0) is 140 Å². The molecule has 2 aliphatic heterocycles. The maximum absolute atomic E-state index is 14.0. The van der Waals surface area contributed by atoms with Crippen LogP contribution in [0.2, 0.25) is 5.02 Å². The van der Waals surface area contributed by atoms with Crippen LogP contribution in [0.4, 0.5) is 24.5 Å². The molecule has 4 heterocycles. The minimum atomic E-state index is -4.54. The molecular weight excluding hydrogens is 1010 g/mol. The summed E-state index contributed by atoms with van der Waals surface area (Å²) in [5, 5.41) is 13.6. The van der Waals surface area contributed by atoms with Crippen molar-refractivity contribution in [1.82, 2.24) is 29.4 Å². The topological polar surface area (TPSA) is 146 Å². The molecule has 2 fully saturated rings. The summed E-state index contributed by atoms with van der Waals surface area (Å²) in [6, 6.07) is 22.2. The third-order valence-electron chi connectivity index (χ3n) is 14.0. The number of hydrogen-bond acceptors (Lipinski definition) is 11. The van der Waals surface area contributed by atoms with Gasteiger partial charge in [0.25, 0.3) is 5.91 Å². The van der Waals surface area contributed by atoms with Crippen LogP contribution < -0.4 is 19.7 Å². The first-order valence-electron chi connectivity index (χ1n) is 25.6. The van der Waals surface area contributed by atoms with Crippen molar-refractivity contribution in [1.29, 1.82) is 0 Å². The first kappa shape index (κ1) is 54.8. The maximum Gasteiger partial charge on any atom is 0.446 e. The summed E-state index contributed by atoms with van der Waals surface area (Å²) in [5.41, 5.74) is 2.06. The number of allylic oxidation sites excluding steroid dienone is 1. The molecule has 0 saturated carbocycles. The van der Waals surface area contributed by atoms with Gasteiger partial charge >= 0.3 is 11.5 Å². The smallest absolute Gasteiger partial charge is 0.446 e. The number of carboxylic acid groups (broad SMARTS) is 1. The second kappa shape index (κ2) is 25.4. The molecule has 2 saturated heterocycles. The van der Waals surface area contributed by atoms with Gasteiger partial charge in [-0.2, -0.15) is 13.2 Å². The zero-order valence-corrected chi connectivity index (χ0v) is 44.5. The largest absolute Gasteiger partial charge is 0.481 e. The Bertz CT molecular complexity index is 2760. The van der Waals surface area contributed by atoms with E-state index in [0.29, 0.717) is 66.6 Å². The molecule has 2 amide bonds. The number of aromatic nitrogens is 2. The molecule has 0 bridgehead atoms. The number of fused-ring (bicyclic) bond motifs is 1. The van der Waals surface area contributed by atoms with Gasteiger partial charge in [0, 0.05) is 122 Å². The number of hydrogen-bond donors (Lipinski definition) is 4. The molecule has 0 atom stereocenters. The van der Waals surface area contributed by atoms with Crippen molar-refractivity contribution in [2.45, 2.75) is 93.4 Å². The molecule has 0 spiro atoms. The minimum absolute atomic E-state index is 0.00621. The summed E-state index contributed by atoms with van der Waals surface area (Å²) in [5.74, 6) is -0.384. The number of pyridine rings is 1. The van der Waals surface area contributed by atoms with E-state index in [0.717, 1.165) is 119 Å². The van der Waals surface area contributed by atoms with Gasteiger partial charge in [-0.3, -0.25) is 28.9 Å². The Balaban J connectivity index is 0.870. The molecule has 8 rings (SSSR count). The van der Waals surface area contributed by atoms with Gasteiger partial charge in [-0.1, -0.05) is 56.0 Å². The number of alkyl halides is 3. The van der Waals surface area contributed by atoms with Crippen LogP contribution in [0.25, 0.3) is 16.6 Å². The molecule has 5 aromatic rings. The number of nitrogens with zero attached hydrogens (tertiary/aromatic N) is 5. The fraction of sp³-hybridized carbons (Fsp3) is 0.455. The number of carbonyl (C=O) groups excluding carboxylic acids is 2. The number of H-pyrrole nitrogens is 1. The lowest BCUT2D eigenvalue weighted by Gasteiger charge is -2.39. The molecule has 0 radical (unpaired) electrons. The molecular formula is C55H66ClF3N8O5S2. The van der Waals surface area contributed by atoms with E-state index in [-0.39, 0.29) is 40.0 Å². The quantitative estimate of drug-likeness (QED) is 0.0297. The first-order chi connectivity index (χ1) is 35.5. The Morgan fingerprint density at radius 3 is 2.35 bits per heavy atom. The number of nitrogens with one attached hydrogen (secondary N) is 3. The van der Waals surface area contributed by atoms with Gasteiger partial charge in [0.15, 0.2) is 0 Å². The second-order valence-corrected chi connectivity index (χ2v) is 22.5. The number of carbonyl (C=O) groups is 3. The van der Waals surface area contributed by atoms with Gasteiger partial charge < -0.3 is 29.9 Å². The van der Waals surface area contributed by atoms with Crippen molar-refractivity contribution in [3.8, 4) is 11.5 Å². The number of thioether (sulfide) groups is 1. The van der Waals surface area contributed by atoms with E-state index in [4.69, 9.17) is 21.4 Å². The molecule has 74 heavy (non-hydrogen) atoms. The van der Waals surface area contributed by atoms with Gasteiger partial charge in [0.2, 0.25) is 5.91 Å². The molecule has 4 N–H and O–H groups in total. The zero-order chi connectivity index (χ0) is 52.2. The minimum Gasteiger partial charge on any atom is -0.481 e. The summed E-state index contributed by atoms with van der Waals surface area (Å²) in [6.45, 7) is 12.7. The number of benzene rings is 3. The van der Waals surface area contributed by atoms with Crippen LogP contribution >= 0.6 is 35.3 Å². The van der Waals surface area contributed by atoms with Gasteiger partial charge in [-0.15, -0.1) is 0 Å². The number of anilines is 2. The van der Waals surface area contributed by atoms with Crippen LogP contribution in [0.3, 0.4) is 0 Å². The Kier molecular flexibility index (Phi) is 18.8. The summed E-state index contributed by atoms with van der Waals surface area (Å²) < 4.78 is 51.0. The fourth-order valence-electron chi connectivity index (χ4n) is 9.87. The van der Waals surface area contributed by atoms with Crippen molar-refractivity contribution in [2.24, 2.45) is 5.41 Å². The van der Waals surface area contributed by atoms with Gasteiger partial charge in [-0.25, -0.2) is 4.98 Å². The van der Waals surface area contributed by atoms with Crippen molar-refractivity contribution >= 4 is 81.1 Å². The summed E-state index contributed by atoms with van der Waals surface area (Å²) >= 11 is 6.99. The number of carboxylic acids is 1. The van der Waals surface area contributed by atoms with E-state index in [1.807, 2.05) is 41.3 Å². The van der Waals surface area contributed by atoms with Crippen molar-refractivity contribution in [3.63, 3.8) is 0 Å². The standard InChI is InChI=1S/C55H66ClF3N8O5S2/c1-54(2)20-18-40(46(35-54)38-10-12-41(56)13-11-38)37-65-26-28-66(29-27-65)42-14-16-45(48(33-42)72-43-32-39-19-22-61-52(39)62-36-43)53(71)63-74-44-15-17-47(49(34-44)73-55(57,58)59)60-21-7-23-64-24-30-67(31-25-64)50(68)8-5-3-4-6-9-51(69)70/h10-17,19,22,32-34,36,60H,3-9,18,20-21,23-31,35,37H2,1-2H3,(H,61,62)(H,63,71)(H,69,70). The van der Waals surface area contributed by atoms with Crippen LogP contribution in [-0.4, -0.2) is 125 Å². The number of amides is 2. The average molecular weight is 1080 g/mol. The SMILES string of the molecule is CC1(C)CCC(CN2CCN(c3ccc(C(=O)NSc4ccc(NCCCN5CCN(C(=O)CCCCCCC(=O)O)CC5)c(SC(F)(F)F)c4)c(Oc4cnc5[nH]ccc5c4)c3)CC2)=C(c2ccc(Cl)cc2)C1. The molecule has 13 nitrogen and oxygen atoms in total. The molecule has 2 aromatic heterocycles. The number of unbranched alkanes of at least 4 members (excludes halogenated alkanes) is 3. The molecule has 3 aromatic carbocycles. The third-order valence-corrected chi connectivity index (χ3v) is 15.8. The third kappa shape index (κ3) is 15.8. The second-order valence-electron chi connectivity index (χ2n) is 20.1. The van der Waals surface area contributed by atoms with Crippen molar-refractivity contribution in [2.75, 3.05) is 82.2 Å². The highest BCUT2D eigenvalue weighted by atomic mass is 35.5. The van der Waals surface area contributed by atoms with Crippen LogP contribution in [0, 0.1) is 5.41 Å². The number of halogens is 4. The predicted octanol–water partition coefficient (Wildman–Crippen LogP) is 12.2. The van der Waals surface area contributed by atoms with Gasteiger partial charge in [0.05, 0.1) is 11.8 Å². The fourth-order valence-corrected chi connectivity index (χ4v) is 11.4. The van der Waals surface area contributed by atoms with E-state index in [9.17, 15) is 27.6 Å². The number of aromatic amines is 1. The normalized spacial score (nSPS) is 16.7. The molecule has 1 aliphatic carbocycles. The Labute approximate surface area is 445 Å². The van der Waals surface area contributed by atoms with Crippen LogP contribution in [0.5, 0.6) is 11.5 Å². The highest BCUT2D eigenvalue weighted by Gasteiger charge is 2.32. The van der Waals surface area contributed by atoms with E-state index in [1.165, 1.54) is 22.8 Å². The van der Waals surface area contributed by atoms with Crippen LogP contribution in [-0.2, 0) is 9.59 Å². The Morgan fingerprint density at radius 2 is 1.61 bits per heavy atom. The number of ether oxygens (including phenoxy) is 1. The first-order valence-corrected chi connectivity index (χ1v) is 27.6. The monoisotopic (exact) mass is 1070 g/mol. The van der Waals surface area contributed by atoms with Crippen molar-refractivity contribution in [3.05, 3.63) is 107 Å². The van der Waals surface area contributed by atoms with E-state index in [1.54, 1.807) is 30.6 Å². The number of piperazine rings is 2. The molecule has 19 heteroatoms. The van der Waals surface area contributed by atoms with Crippen LogP contribution in [0.1, 0.15) is 94.0 Å². The van der Waals surface area contributed by atoms with Crippen molar-refractivity contribution < 1.29 is 37.4 Å². The zero-order valence-electron chi connectivity index (χ0n) is 42.1. The Morgan fingerprint density at radius 1 is 0.865 bits per heavy atom. The predicted molar refractivity (Wildman–Crippen MR) is 290 cm³/mol. The van der Waals surface area contributed by atoms with Gasteiger partial charge in [0.1, 0.15) is 17.1 Å². The summed E-state index contributed by atoms with van der Waals surface area (Å²) in [4.78, 5) is 54.4. The number of aliphatic carboxylic acids is 1. The lowest BCUT2D eigenvalue weighted by atomic mass is 9.72. The van der Waals surface area contributed by atoms with E-state index >= 15 is 0 Å². The summed E-state index contributed by atoms with van der Waals surface area (Å²) in [7, 11) is 0. The lowest BCUT2D eigenvalue weighted by Crippen LogP contribution is -2.48. The maximum atomic E-state index is 14.0. The van der Waals surface area contributed by atoms with E-state index < -0.39 is 17.4 Å². The highest BCUT2D eigenvalue weighted by Crippen LogP contribution is 2.44. The highest BCUT2D eigenvalue weighted by molar-refractivity contribution is 8.00. The Hall–Kier alpha value is -5.40. The lowest BCUT2D eigenvalue weighted by molar-refractivity contribution is -0.137. The molecule has 0 unspecified atom stereocenters. The summed E-state index contributed by atoms with van der Waals surface area (Å²) in [6.07, 6.45) is 10.9. The van der Waals surface area contributed by atoms with Crippen LogP contribution in [0.15, 0.2) is 101 Å².